The number of anilines is 1. The van der Waals surface area contributed by atoms with Crippen LogP contribution in [0.4, 0.5) is 10.5 Å². The van der Waals surface area contributed by atoms with Crippen LogP contribution in [-0.4, -0.2) is 53.7 Å². The molecule has 0 aromatic heterocycles. The number of ether oxygens (including phenoxy) is 1. The number of nitrogens with zero attached hydrogens (tertiary/aromatic N) is 1. The summed E-state index contributed by atoms with van der Waals surface area (Å²) in [6, 6.07) is 20.2. The van der Waals surface area contributed by atoms with Crippen molar-refractivity contribution in [2.75, 3.05) is 11.4 Å². The van der Waals surface area contributed by atoms with Crippen LogP contribution in [0.15, 0.2) is 84.1 Å². The van der Waals surface area contributed by atoms with Crippen molar-refractivity contribution in [3.8, 4) is 0 Å². The average molecular weight is 715 g/mol. The number of aliphatic hydroxyl groups excluding tert-OH is 1. The van der Waals surface area contributed by atoms with Crippen LogP contribution in [-0.2, 0) is 25.7 Å². The summed E-state index contributed by atoms with van der Waals surface area (Å²) in [7, 11) is 0. The Hall–Kier alpha value is -4.70. The number of rotatable bonds is 19. The Morgan fingerprint density at radius 3 is 2.13 bits per heavy atom. The first-order valence-electron chi connectivity index (χ1n) is 18.7. The highest BCUT2D eigenvalue weighted by molar-refractivity contribution is 6.10. The molecule has 4 N–H and O–H groups in total. The molecule has 0 radical (unpaired) electrons. The smallest absolute Gasteiger partial charge is 0.408 e. The maximum atomic E-state index is 14.7. The molecule has 4 amide bonds. The van der Waals surface area contributed by atoms with E-state index in [0.717, 1.165) is 22.8 Å². The van der Waals surface area contributed by atoms with Crippen LogP contribution in [0, 0.1) is 11.8 Å². The number of benzene rings is 3. The third-order valence-electron chi connectivity index (χ3n) is 8.86. The molecule has 282 valence electrons. The van der Waals surface area contributed by atoms with Gasteiger partial charge < -0.3 is 25.8 Å². The van der Waals surface area contributed by atoms with Gasteiger partial charge >= 0.3 is 6.09 Å². The fourth-order valence-corrected chi connectivity index (χ4v) is 5.93. The van der Waals surface area contributed by atoms with Crippen molar-refractivity contribution in [1.29, 1.82) is 0 Å². The van der Waals surface area contributed by atoms with Crippen molar-refractivity contribution in [2.45, 2.75) is 112 Å². The molecule has 3 aromatic carbocycles. The molecule has 52 heavy (non-hydrogen) atoms. The Morgan fingerprint density at radius 2 is 1.48 bits per heavy atom. The maximum absolute atomic E-state index is 14.7. The molecule has 0 aliphatic carbocycles. The number of hydrogen-bond donors (Lipinski definition) is 4. The molecule has 10 nitrogen and oxygen atoms in total. The van der Waals surface area contributed by atoms with Crippen molar-refractivity contribution in [3.05, 3.63) is 89.6 Å². The molecule has 1 unspecified atom stereocenters. The molecule has 0 fully saturated rings. The lowest BCUT2D eigenvalue weighted by Crippen LogP contribution is -2.56. The number of carbonyl (C=O) groups excluding carboxylic acids is 4. The van der Waals surface area contributed by atoms with E-state index in [4.69, 9.17) is 4.74 Å². The van der Waals surface area contributed by atoms with E-state index in [-0.39, 0.29) is 36.5 Å². The monoisotopic (exact) mass is 714 g/mol. The number of nitrogens with one attached hydrogen (secondary N) is 3. The van der Waals surface area contributed by atoms with Crippen LogP contribution >= 0.6 is 0 Å². The molecule has 0 saturated carbocycles. The van der Waals surface area contributed by atoms with E-state index in [1.807, 2.05) is 108 Å². The molecule has 0 spiro atoms. The highest BCUT2D eigenvalue weighted by atomic mass is 16.5. The second kappa shape index (κ2) is 21.0. The van der Waals surface area contributed by atoms with Gasteiger partial charge in [0, 0.05) is 17.5 Å². The van der Waals surface area contributed by atoms with Gasteiger partial charge in [-0.2, -0.15) is 0 Å². The molecule has 0 aliphatic rings. The third kappa shape index (κ3) is 12.2. The van der Waals surface area contributed by atoms with Gasteiger partial charge in [-0.25, -0.2) is 4.79 Å². The van der Waals surface area contributed by atoms with Gasteiger partial charge in [0.1, 0.15) is 18.7 Å². The quantitative estimate of drug-likeness (QED) is 0.0956. The van der Waals surface area contributed by atoms with Gasteiger partial charge in [-0.05, 0) is 61.5 Å². The Bertz CT molecular complexity index is 1650. The topological polar surface area (TPSA) is 137 Å². The van der Waals surface area contributed by atoms with Crippen LogP contribution in [0.2, 0.25) is 0 Å². The molecular formula is C42H58N4O6. The summed E-state index contributed by atoms with van der Waals surface area (Å²) in [5.74, 6) is -0.906. The molecule has 3 atom stereocenters. The lowest BCUT2D eigenvalue weighted by atomic mass is 9.97. The summed E-state index contributed by atoms with van der Waals surface area (Å²) in [6.45, 7) is 13.9. The molecule has 0 aliphatic heterocycles. The van der Waals surface area contributed by atoms with E-state index in [0.29, 0.717) is 43.5 Å². The van der Waals surface area contributed by atoms with Crippen molar-refractivity contribution in [3.63, 3.8) is 0 Å². The minimum Gasteiger partial charge on any atom is -0.445 e. The number of hydrogen-bond acceptors (Lipinski definition) is 6. The molecule has 3 rings (SSSR count). The highest BCUT2D eigenvalue weighted by Gasteiger charge is 2.36. The Labute approximate surface area is 309 Å². The number of unbranched alkanes of at least 4 members (excludes halogenated alkanes) is 1. The fraction of sp³-hybridized carbons (Fsp3) is 0.476. The summed E-state index contributed by atoms with van der Waals surface area (Å²) >= 11 is 0. The highest BCUT2D eigenvalue weighted by Crippen LogP contribution is 2.31. The van der Waals surface area contributed by atoms with E-state index >= 15 is 0 Å². The molecule has 10 heteroatoms. The molecule has 0 saturated heterocycles. The van der Waals surface area contributed by atoms with Crippen molar-refractivity contribution < 1.29 is 29.0 Å². The van der Waals surface area contributed by atoms with Gasteiger partial charge in [-0.15, -0.1) is 0 Å². The fourth-order valence-electron chi connectivity index (χ4n) is 5.93. The molecule has 3 aromatic rings. The van der Waals surface area contributed by atoms with Crippen molar-refractivity contribution in [1.82, 2.24) is 16.0 Å². The maximum Gasteiger partial charge on any atom is 0.408 e. The van der Waals surface area contributed by atoms with Crippen LogP contribution in [0.3, 0.4) is 0 Å². The normalized spacial score (nSPS) is 13.6. The molecule has 0 heterocycles. The number of alkyl carbamates (subject to hydrolysis) is 1. The van der Waals surface area contributed by atoms with Crippen molar-refractivity contribution in [2.24, 2.45) is 11.8 Å². The number of aliphatic hydroxyl groups is 1. The third-order valence-corrected chi connectivity index (χ3v) is 8.86. The standard InChI is InChI=1S/C42H58N4O6/c1-8-10-22-36(40(49)45-38(37(47)25-24-28(3)4)33(9-2)39(48)43-26-29(5)6)46(35-23-16-20-32-19-14-15-21-34(32)35)41(50)30(7)44-42(51)52-27-31-17-12-11-13-18-31/h11-21,23,28-30,36-37,47H,8-10,22,24-27H2,1-7H3,(H,43,48)(H,44,51)(H,45,49)/b38-33-/t30-,36-,37?/m0/s1. The Morgan fingerprint density at radius 1 is 0.808 bits per heavy atom. The summed E-state index contributed by atoms with van der Waals surface area (Å²) in [5.41, 5.74) is 1.74. The first kappa shape index (κ1) is 41.7. The summed E-state index contributed by atoms with van der Waals surface area (Å²) in [5, 5.41) is 21.7. The van der Waals surface area contributed by atoms with E-state index < -0.39 is 36.1 Å². The van der Waals surface area contributed by atoms with Gasteiger partial charge in [-0.3, -0.25) is 19.3 Å². The molecule has 0 bridgehead atoms. The summed E-state index contributed by atoms with van der Waals surface area (Å²) < 4.78 is 5.42. The van der Waals surface area contributed by atoms with Crippen LogP contribution in [0.25, 0.3) is 10.8 Å². The Kier molecular flexibility index (Phi) is 16.8. The second-order valence-corrected chi connectivity index (χ2v) is 14.1. The van der Waals surface area contributed by atoms with Gasteiger partial charge in [0.15, 0.2) is 0 Å². The minimum absolute atomic E-state index is 0.0287. The SMILES string of the molecule is CCCC[C@@H](C(=O)N/C(=C(/CC)C(=O)NCC(C)C)C(O)CCC(C)C)N(C(=O)[C@H](C)NC(=O)OCc1ccccc1)c1cccc2ccccc12. The van der Waals surface area contributed by atoms with Crippen LogP contribution in [0.1, 0.15) is 92.6 Å². The molecular weight excluding hydrogens is 656 g/mol. The predicted octanol–water partition coefficient (Wildman–Crippen LogP) is 7.40. The summed E-state index contributed by atoms with van der Waals surface area (Å²) in [4.78, 5) is 57.1. The van der Waals surface area contributed by atoms with E-state index in [2.05, 4.69) is 16.0 Å². The van der Waals surface area contributed by atoms with Gasteiger partial charge in [0.2, 0.25) is 17.7 Å². The first-order valence-corrected chi connectivity index (χ1v) is 18.7. The average Bonchev–Trinajstić information content (AvgIpc) is 3.13. The lowest BCUT2D eigenvalue weighted by Gasteiger charge is -2.34. The number of fused-ring (bicyclic) bond motifs is 1. The summed E-state index contributed by atoms with van der Waals surface area (Å²) in [6.07, 6.45) is 1.06. The largest absolute Gasteiger partial charge is 0.445 e. The van der Waals surface area contributed by atoms with E-state index in [1.54, 1.807) is 13.0 Å². The van der Waals surface area contributed by atoms with Crippen LogP contribution in [0.5, 0.6) is 0 Å². The predicted molar refractivity (Wildman–Crippen MR) is 207 cm³/mol. The lowest BCUT2D eigenvalue weighted by molar-refractivity contribution is -0.127. The van der Waals surface area contributed by atoms with E-state index in [9.17, 15) is 24.3 Å². The zero-order valence-electron chi connectivity index (χ0n) is 31.9. The van der Waals surface area contributed by atoms with Gasteiger partial charge in [0.05, 0.1) is 17.5 Å². The zero-order chi connectivity index (χ0) is 38.2. The minimum atomic E-state index is -1.11. The van der Waals surface area contributed by atoms with Gasteiger partial charge in [-0.1, -0.05) is 121 Å². The van der Waals surface area contributed by atoms with Gasteiger partial charge in [0.25, 0.3) is 0 Å². The Balaban J connectivity index is 2.08. The van der Waals surface area contributed by atoms with Crippen LogP contribution < -0.4 is 20.9 Å². The number of carbonyl (C=O) groups is 4. The number of amides is 4. The van der Waals surface area contributed by atoms with E-state index in [1.165, 1.54) is 4.90 Å². The zero-order valence-corrected chi connectivity index (χ0v) is 31.9. The first-order chi connectivity index (χ1) is 24.9. The second-order valence-electron chi connectivity index (χ2n) is 14.1. The van der Waals surface area contributed by atoms with Crippen molar-refractivity contribution >= 4 is 40.3 Å².